The van der Waals surface area contributed by atoms with Crippen LogP contribution < -0.4 is 4.74 Å². The van der Waals surface area contributed by atoms with E-state index < -0.39 is 5.97 Å². The molecule has 0 aliphatic carbocycles. The highest BCUT2D eigenvalue weighted by Crippen LogP contribution is 2.46. The standard InChI is InChI=1S/C14H15BrN2O4/c1-6-10(9-5-8(14(19)20)16-17(9)3)12(18)13(21-4)7(2)11(6)15/h5,18H,1-4H3,(H,19,20). The number of benzene rings is 1. The summed E-state index contributed by atoms with van der Waals surface area (Å²) in [5.74, 6) is -0.802. The number of halogens is 1. The summed E-state index contributed by atoms with van der Waals surface area (Å²) in [7, 11) is 3.10. The van der Waals surface area contributed by atoms with Crippen LogP contribution in [0.5, 0.6) is 11.5 Å². The van der Waals surface area contributed by atoms with Crippen LogP contribution in [0.1, 0.15) is 21.6 Å². The summed E-state index contributed by atoms with van der Waals surface area (Å²) in [5, 5.41) is 23.4. The Labute approximate surface area is 130 Å². The fourth-order valence-electron chi connectivity index (χ4n) is 2.33. The van der Waals surface area contributed by atoms with E-state index in [0.29, 0.717) is 17.0 Å². The topological polar surface area (TPSA) is 84.6 Å². The molecule has 0 saturated carbocycles. The van der Waals surface area contributed by atoms with Crippen molar-refractivity contribution in [2.45, 2.75) is 13.8 Å². The van der Waals surface area contributed by atoms with Gasteiger partial charge in [-0.15, -0.1) is 0 Å². The summed E-state index contributed by atoms with van der Waals surface area (Å²) in [5.41, 5.74) is 2.47. The van der Waals surface area contributed by atoms with Crippen LogP contribution in [0.2, 0.25) is 0 Å². The maximum Gasteiger partial charge on any atom is 0.356 e. The summed E-state index contributed by atoms with van der Waals surface area (Å²) in [4.78, 5) is 11.0. The molecule has 2 rings (SSSR count). The van der Waals surface area contributed by atoms with E-state index in [9.17, 15) is 9.90 Å². The van der Waals surface area contributed by atoms with Gasteiger partial charge in [0.15, 0.2) is 17.2 Å². The third-order valence-electron chi connectivity index (χ3n) is 3.39. The van der Waals surface area contributed by atoms with Gasteiger partial charge in [0.05, 0.1) is 12.8 Å². The highest BCUT2D eigenvalue weighted by molar-refractivity contribution is 9.10. The molecule has 21 heavy (non-hydrogen) atoms. The smallest absolute Gasteiger partial charge is 0.356 e. The van der Waals surface area contributed by atoms with Gasteiger partial charge >= 0.3 is 5.97 Å². The Hall–Kier alpha value is -2.02. The number of hydrogen-bond acceptors (Lipinski definition) is 4. The van der Waals surface area contributed by atoms with Crippen molar-refractivity contribution in [2.24, 2.45) is 7.05 Å². The Morgan fingerprint density at radius 3 is 2.48 bits per heavy atom. The number of aromatic carboxylic acids is 1. The molecule has 1 aromatic heterocycles. The number of aryl methyl sites for hydroxylation is 1. The molecule has 6 nitrogen and oxygen atoms in total. The summed E-state index contributed by atoms with van der Waals surface area (Å²) in [6.07, 6.45) is 0. The van der Waals surface area contributed by atoms with Crippen LogP contribution in [0.4, 0.5) is 0 Å². The van der Waals surface area contributed by atoms with Crippen molar-refractivity contribution in [1.82, 2.24) is 9.78 Å². The maximum atomic E-state index is 11.0. The third kappa shape index (κ3) is 2.37. The number of nitrogens with zero attached hydrogens (tertiary/aromatic N) is 2. The third-order valence-corrected chi connectivity index (χ3v) is 4.57. The fourth-order valence-corrected chi connectivity index (χ4v) is 2.71. The lowest BCUT2D eigenvalue weighted by Gasteiger charge is -2.17. The van der Waals surface area contributed by atoms with Crippen molar-refractivity contribution in [3.8, 4) is 22.8 Å². The van der Waals surface area contributed by atoms with Gasteiger partial charge in [-0.2, -0.15) is 5.10 Å². The Balaban J connectivity index is 2.81. The number of aromatic hydroxyl groups is 1. The Morgan fingerprint density at radius 1 is 1.38 bits per heavy atom. The van der Waals surface area contributed by atoms with Crippen molar-refractivity contribution < 1.29 is 19.7 Å². The van der Waals surface area contributed by atoms with Gasteiger partial charge in [0.2, 0.25) is 0 Å². The lowest BCUT2D eigenvalue weighted by atomic mass is 10.00. The highest BCUT2D eigenvalue weighted by atomic mass is 79.9. The van der Waals surface area contributed by atoms with Crippen LogP contribution >= 0.6 is 15.9 Å². The second-order valence-corrected chi connectivity index (χ2v) is 5.46. The van der Waals surface area contributed by atoms with Gasteiger partial charge in [-0.1, -0.05) is 15.9 Å². The summed E-state index contributed by atoms with van der Waals surface area (Å²) < 4.78 is 7.46. The molecule has 2 N–H and O–H groups in total. The monoisotopic (exact) mass is 354 g/mol. The molecule has 0 amide bonds. The predicted molar refractivity (Wildman–Crippen MR) is 81.0 cm³/mol. The van der Waals surface area contributed by atoms with E-state index in [1.165, 1.54) is 17.9 Å². The summed E-state index contributed by atoms with van der Waals surface area (Å²) in [6.45, 7) is 3.66. The molecule has 0 saturated heterocycles. The molecule has 112 valence electrons. The van der Waals surface area contributed by atoms with Crippen molar-refractivity contribution in [2.75, 3.05) is 7.11 Å². The van der Waals surface area contributed by atoms with Crippen molar-refractivity contribution in [3.05, 3.63) is 27.4 Å². The highest BCUT2D eigenvalue weighted by Gasteiger charge is 2.23. The minimum Gasteiger partial charge on any atom is -0.504 e. The number of ether oxygens (including phenoxy) is 1. The second kappa shape index (κ2) is 5.40. The van der Waals surface area contributed by atoms with Gasteiger partial charge in [-0.3, -0.25) is 4.68 Å². The molecular formula is C14H15BrN2O4. The van der Waals surface area contributed by atoms with E-state index in [1.807, 2.05) is 13.8 Å². The Morgan fingerprint density at radius 2 is 2.00 bits per heavy atom. The van der Waals surface area contributed by atoms with E-state index in [-0.39, 0.29) is 11.4 Å². The summed E-state index contributed by atoms with van der Waals surface area (Å²) in [6, 6.07) is 1.42. The molecule has 0 bridgehead atoms. The molecule has 7 heteroatoms. The molecule has 0 aliphatic rings. The average Bonchev–Trinajstić information content (AvgIpc) is 2.80. The van der Waals surface area contributed by atoms with Crippen molar-refractivity contribution in [1.29, 1.82) is 0 Å². The SMILES string of the molecule is COc1c(C)c(Br)c(C)c(-c2cc(C(=O)O)nn2C)c1O. The first kappa shape index (κ1) is 15.4. The van der Waals surface area contributed by atoms with E-state index >= 15 is 0 Å². The van der Waals surface area contributed by atoms with Gasteiger partial charge < -0.3 is 14.9 Å². The zero-order chi connectivity index (χ0) is 15.9. The maximum absolute atomic E-state index is 11.0. The van der Waals surface area contributed by atoms with Crippen molar-refractivity contribution >= 4 is 21.9 Å². The minimum atomic E-state index is -1.12. The van der Waals surface area contributed by atoms with Crippen LogP contribution in [0, 0.1) is 13.8 Å². The van der Waals surface area contributed by atoms with Crippen LogP contribution in [0.25, 0.3) is 11.3 Å². The Bertz CT molecular complexity index is 737. The first-order valence-electron chi connectivity index (χ1n) is 6.12. The number of phenols is 1. The first-order chi connectivity index (χ1) is 9.79. The van der Waals surface area contributed by atoms with Crippen LogP contribution in [0.15, 0.2) is 10.5 Å². The number of aromatic nitrogens is 2. The van der Waals surface area contributed by atoms with Gasteiger partial charge in [0, 0.05) is 22.6 Å². The van der Waals surface area contributed by atoms with Gasteiger partial charge in [-0.05, 0) is 25.5 Å². The quantitative estimate of drug-likeness (QED) is 0.885. The second-order valence-electron chi connectivity index (χ2n) is 4.66. The molecule has 0 spiro atoms. The molecule has 0 radical (unpaired) electrons. The molecule has 0 fully saturated rings. The molecule has 0 unspecified atom stereocenters. The molecular weight excluding hydrogens is 340 g/mol. The van der Waals surface area contributed by atoms with Gasteiger partial charge in [-0.25, -0.2) is 4.79 Å². The number of hydrogen-bond donors (Lipinski definition) is 2. The lowest BCUT2D eigenvalue weighted by Crippen LogP contribution is -2.01. The number of phenolic OH excluding ortho intramolecular Hbond substituents is 1. The van der Waals surface area contributed by atoms with Crippen LogP contribution in [0.3, 0.4) is 0 Å². The lowest BCUT2D eigenvalue weighted by molar-refractivity contribution is 0.0689. The zero-order valence-corrected chi connectivity index (χ0v) is 13.6. The van der Waals surface area contributed by atoms with E-state index in [2.05, 4.69) is 21.0 Å². The number of carboxylic acid groups (broad SMARTS) is 1. The van der Waals surface area contributed by atoms with Gasteiger partial charge in [0.1, 0.15) is 0 Å². The van der Waals surface area contributed by atoms with E-state index in [0.717, 1.165) is 15.6 Å². The predicted octanol–water partition coefficient (Wildman–Crippen LogP) is 2.88. The van der Waals surface area contributed by atoms with Crippen LogP contribution in [-0.2, 0) is 7.05 Å². The minimum absolute atomic E-state index is 0.0318. The van der Waals surface area contributed by atoms with E-state index in [4.69, 9.17) is 9.84 Å². The number of rotatable bonds is 3. The van der Waals surface area contributed by atoms with Gasteiger partial charge in [0.25, 0.3) is 0 Å². The normalized spacial score (nSPS) is 10.7. The number of methoxy groups -OCH3 is 1. The summed E-state index contributed by atoms with van der Waals surface area (Å²) >= 11 is 3.48. The molecule has 1 heterocycles. The van der Waals surface area contributed by atoms with E-state index in [1.54, 1.807) is 7.05 Å². The molecule has 1 aromatic carbocycles. The van der Waals surface area contributed by atoms with Crippen LogP contribution in [-0.4, -0.2) is 33.1 Å². The largest absolute Gasteiger partial charge is 0.504 e. The molecule has 2 aromatic rings. The fraction of sp³-hybridized carbons (Fsp3) is 0.286. The first-order valence-corrected chi connectivity index (χ1v) is 6.92. The van der Waals surface area contributed by atoms with Crippen molar-refractivity contribution in [3.63, 3.8) is 0 Å². The molecule has 0 atom stereocenters. The Kier molecular flexibility index (Phi) is 3.95. The average molecular weight is 355 g/mol. The number of carboxylic acids is 1. The zero-order valence-electron chi connectivity index (χ0n) is 12.1. The number of carbonyl (C=O) groups is 1. The molecule has 0 aliphatic heterocycles.